The number of aryl methyl sites for hydroxylation is 1. The van der Waals surface area contributed by atoms with E-state index in [1.54, 1.807) is 36.0 Å². The zero-order valence-electron chi connectivity index (χ0n) is 15.4. The van der Waals surface area contributed by atoms with Crippen LogP contribution in [0.15, 0.2) is 53.4 Å². The molecule has 0 radical (unpaired) electrons. The number of sulfone groups is 1. The van der Waals surface area contributed by atoms with Crippen molar-refractivity contribution in [3.05, 3.63) is 65.2 Å². The molecule has 0 aliphatic rings. The van der Waals surface area contributed by atoms with Crippen molar-refractivity contribution in [2.45, 2.75) is 37.0 Å². The quantitative estimate of drug-likeness (QED) is 0.741. The summed E-state index contributed by atoms with van der Waals surface area (Å²) < 4.78 is 23.1. The lowest BCUT2D eigenvalue weighted by Crippen LogP contribution is -2.29. The molecule has 0 aliphatic carbocycles. The fourth-order valence-corrected chi connectivity index (χ4v) is 3.98. The molecule has 6 heteroatoms. The van der Waals surface area contributed by atoms with Crippen LogP contribution >= 0.6 is 11.8 Å². The largest absolute Gasteiger partial charge is 0.349 e. The molecule has 4 nitrogen and oxygen atoms in total. The average molecular weight is 392 g/mol. The van der Waals surface area contributed by atoms with Crippen LogP contribution in [0.3, 0.4) is 0 Å². The monoisotopic (exact) mass is 391 g/mol. The normalized spacial score (nSPS) is 12.6. The summed E-state index contributed by atoms with van der Waals surface area (Å²) in [7, 11) is -3.21. The molecule has 0 bridgehead atoms. The molecule has 2 aromatic rings. The molecule has 2 aromatic carbocycles. The zero-order valence-corrected chi connectivity index (χ0v) is 17.0. The predicted molar refractivity (Wildman–Crippen MR) is 108 cm³/mol. The molecule has 0 saturated heterocycles. The van der Waals surface area contributed by atoms with E-state index in [-0.39, 0.29) is 16.8 Å². The highest BCUT2D eigenvalue weighted by Crippen LogP contribution is 2.20. The second-order valence-electron chi connectivity index (χ2n) is 6.35. The van der Waals surface area contributed by atoms with Gasteiger partial charge >= 0.3 is 0 Å². The second-order valence-corrected chi connectivity index (χ2v) is 9.35. The van der Waals surface area contributed by atoms with Gasteiger partial charge in [-0.15, -0.1) is 11.8 Å². The number of nitrogens with one attached hydrogen (secondary N) is 1. The number of hydrogen-bond donors (Lipinski definition) is 1. The molecule has 26 heavy (non-hydrogen) atoms. The van der Waals surface area contributed by atoms with Crippen LogP contribution in [-0.4, -0.2) is 26.3 Å². The molecule has 0 aromatic heterocycles. The Morgan fingerprint density at radius 1 is 1.08 bits per heavy atom. The van der Waals surface area contributed by atoms with Crippen molar-refractivity contribution >= 4 is 27.5 Å². The standard InChI is InChI=1S/C20H25NO3S2/c1-4-19(17-9-11-18(12-10-17)26(3,23)24)21-20(22)14-25-13-16-7-5-15(2)6-8-16/h5-12,19H,4,13-14H2,1-3H3,(H,21,22)/t19-/m0/s1. The molecule has 0 aliphatic heterocycles. The first kappa shape index (κ1) is 20.5. The summed E-state index contributed by atoms with van der Waals surface area (Å²) in [6.45, 7) is 4.05. The summed E-state index contributed by atoms with van der Waals surface area (Å²) in [5, 5.41) is 3.03. The van der Waals surface area contributed by atoms with Crippen LogP contribution in [0, 0.1) is 6.92 Å². The lowest BCUT2D eigenvalue weighted by atomic mass is 10.0. The molecule has 0 spiro atoms. The molecule has 0 unspecified atom stereocenters. The topological polar surface area (TPSA) is 63.2 Å². The molecule has 0 fully saturated rings. The number of amides is 1. The van der Waals surface area contributed by atoms with Crippen molar-refractivity contribution in [1.29, 1.82) is 0 Å². The molecular weight excluding hydrogens is 366 g/mol. The third-order valence-corrected chi connectivity index (χ3v) is 6.21. The van der Waals surface area contributed by atoms with Gasteiger partial charge in [0.05, 0.1) is 16.7 Å². The Hall–Kier alpha value is -1.79. The Kier molecular flexibility index (Phi) is 7.29. The van der Waals surface area contributed by atoms with E-state index in [1.165, 1.54) is 17.4 Å². The SMILES string of the molecule is CC[C@H](NC(=O)CSCc1ccc(C)cc1)c1ccc(S(C)(=O)=O)cc1. The number of benzene rings is 2. The Labute approximate surface area is 160 Å². The number of hydrogen-bond acceptors (Lipinski definition) is 4. The number of rotatable bonds is 8. The minimum Gasteiger partial charge on any atom is -0.349 e. The lowest BCUT2D eigenvalue weighted by molar-refractivity contribution is -0.119. The van der Waals surface area contributed by atoms with Crippen molar-refractivity contribution in [2.75, 3.05) is 12.0 Å². The van der Waals surface area contributed by atoms with Gasteiger partial charge in [0.15, 0.2) is 9.84 Å². The summed E-state index contributed by atoms with van der Waals surface area (Å²) >= 11 is 1.58. The van der Waals surface area contributed by atoms with Crippen molar-refractivity contribution < 1.29 is 13.2 Å². The second kappa shape index (κ2) is 9.24. The minimum absolute atomic E-state index is 0.0128. The molecule has 1 atom stereocenters. The summed E-state index contributed by atoms with van der Waals surface area (Å²) in [4.78, 5) is 12.5. The maximum absolute atomic E-state index is 12.2. The van der Waals surface area contributed by atoms with Crippen LogP contribution < -0.4 is 5.32 Å². The average Bonchev–Trinajstić information content (AvgIpc) is 2.61. The molecule has 1 amide bonds. The number of carbonyl (C=O) groups excluding carboxylic acids is 1. The Balaban J connectivity index is 1.88. The van der Waals surface area contributed by atoms with E-state index in [4.69, 9.17) is 0 Å². The van der Waals surface area contributed by atoms with Gasteiger partial charge in [-0.25, -0.2) is 8.42 Å². The van der Waals surface area contributed by atoms with Gasteiger partial charge in [0.25, 0.3) is 0 Å². The number of carbonyl (C=O) groups is 1. The fourth-order valence-electron chi connectivity index (χ4n) is 2.55. The summed E-state index contributed by atoms with van der Waals surface area (Å²) in [6.07, 6.45) is 1.93. The summed E-state index contributed by atoms with van der Waals surface area (Å²) in [5.41, 5.74) is 3.35. The molecule has 0 heterocycles. The van der Waals surface area contributed by atoms with E-state index in [0.717, 1.165) is 17.7 Å². The summed E-state index contributed by atoms with van der Waals surface area (Å²) in [5.74, 6) is 1.18. The van der Waals surface area contributed by atoms with Gasteiger partial charge in [-0.1, -0.05) is 48.9 Å². The number of thioether (sulfide) groups is 1. The smallest absolute Gasteiger partial charge is 0.230 e. The molecule has 140 valence electrons. The van der Waals surface area contributed by atoms with Crippen LogP contribution in [0.25, 0.3) is 0 Å². The van der Waals surface area contributed by atoms with Crippen molar-refractivity contribution in [2.24, 2.45) is 0 Å². The molecule has 1 N–H and O–H groups in total. The Morgan fingerprint density at radius 3 is 2.23 bits per heavy atom. The van der Waals surface area contributed by atoms with E-state index in [1.807, 2.05) is 6.92 Å². The molecular formula is C20H25NO3S2. The van der Waals surface area contributed by atoms with Gasteiger partial charge in [0, 0.05) is 12.0 Å². The van der Waals surface area contributed by atoms with Gasteiger partial charge in [0.1, 0.15) is 0 Å². The van der Waals surface area contributed by atoms with Crippen LogP contribution in [-0.2, 0) is 20.4 Å². The van der Waals surface area contributed by atoms with Crippen molar-refractivity contribution in [3.63, 3.8) is 0 Å². The first-order valence-electron chi connectivity index (χ1n) is 8.52. The first-order chi connectivity index (χ1) is 12.3. The van der Waals surface area contributed by atoms with Gasteiger partial charge in [-0.05, 0) is 36.6 Å². The molecule has 0 saturated carbocycles. The predicted octanol–water partition coefficient (Wildman–Crippen LogP) is 3.90. The maximum Gasteiger partial charge on any atom is 0.230 e. The van der Waals surface area contributed by atoms with E-state index >= 15 is 0 Å². The van der Waals surface area contributed by atoms with E-state index in [0.29, 0.717) is 5.75 Å². The van der Waals surface area contributed by atoms with E-state index < -0.39 is 9.84 Å². The van der Waals surface area contributed by atoms with E-state index in [2.05, 4.69) is 36.5 Å². The van der Waals surface area contributed by atoms with Crippen LogP contribution in [0.4, 0.5) is 0 Å². The van der Waals surface area contributed by atoms with Gasteiger partial charge < -0.3 is 5.32 Å². The van der Waals surface area contributed by atoms with Crippen molar-refractivity contribution in [1.82, 2.24) is 5.32 Å². The van der Waals surface area contributed by atoms with Gasteiger partial charge in [0.2, 0.25) is 5.91 Å². The third-order valence-electron chi connectivity index (χ3n) is 4.08. The van der Waals surface area contributed by atoms with Crippen LogP contribution in [0.1, 0.15) is 36.1 Å². The Bertz CT molecular complexity index is 828. The van der Waals surface area contributed by atoms with Crippen LogP contribution in [0.5, 0.6) is 0 Å². The highest BCUT2D eigenvalue weighted by atomic mass is 32.2. The minimum atomic E-state index is -3.21. The first-order valence-corrected chi connectivity index (χ1v) is 11.6. The lowest BCUT2D eigenvalue weighted by Gasteiger charge is -2.17. The highest BCUT2D eigenvalue weighted by molar-refractivity contribution is 7.99. The van der Waals surface area contributed by atoms with Gasteiger partial charge in [-0.2, -0.15) is 0 Å². The zero-order chi connectivity index (χ0) is 19.2. The maximum atomic E-state index is 12.2. The van der Waals surface area contributed by atoms with Gasteiger partial charge in [-0.3, -0.25) is 4.79 Å². The van der Waals surface area contributed by atoms with Crippen LogP contribution in [0.2, 0.25) is 0 Å². The summed E-state index contributed by atoms with van der Waals surface area (Å²) in [6, 6.07) is 14.9. The Morgan fingerprint density at radius 2 is 1.69 bits per heavy atom. The third kappa shape index (κ3) is 6.18. The van der Waals surface area contributed by atoms with Crippen molar-refractivity contribution in [3.8, 4) is 0 Å². The van der Waals surface area contributed by atoms with E-state index in [9.17, 15) is 13.2 Å². The fraction of sp³-hybridized carbons (Fsp3) is 0.350. The highest BCUT2D eigenvalue weighted by Gasteiger charge is 2.14. The molecule has 2 rings (SSSR count).